The Morgan fingerprint density at radius 2 is 2.14 bits per heavy atom. The van der Waals surface area contributed by atoms with Crippen molar-refractivity contribution in [2.75, 3.05) is 32.8 Å². The third-order valence-electron chi connectivity index (χ3n) is 3.97. The number of nitrogens with zero attached hydrogens (tertiary/aromatic N) is 1. The lowest BCUT2D eigenvalue weighted by Gasteiger charge is -2.35. The number of hydrogen-bond donors (Lipinski definition) is 1. The molecular formula is C17H21FN2OS. The van der Waals surface area contributed by atoms with Gasteiger partial charge in [-0.1, -0.05) is 12.1 Å². The summed E-state index contributed by atoms with van der Waals surface area (Å²) in [5.41, 5.74) is 2.32. The maximum absolute atomic E-state index is 13.6. The Morgan fingerprint density at radius 3 is 2.86 bits per heavy atom. The minimum atomic E-state index is -0.173. The molecule has 1 saturated heterocycles. The van der Waals surface area contributed by atoms with Gasteiger partial charge in [0.1, 0.15) is 5.82 Å². The van der Waals surface area contributed by atoms with Crippen molar-refractivity contribution in [1.29, 1.82) is 0 Å². The van der Waals surface area contributed by atoms with E-state index in [-0.39, 0.29) is 11.9 Å². The Morgan fingerprint density at radius 1 is 1.27 bits per heavy atom. The summed E-state index contributed by atoms with van der Waals surface area (Å²) in [6, 6.07) is 9.25. The second kappa shape index (κ2) is 7.83. The third kappa shape index (κ3) is 4.14. The predicted octanol–water partition coefficient (Wildman–Crippen LogP) is 3.05. The van der Waals surface area contributed by atoms with E-state index in [9.17, 15) is 4.39 Å². The van der Waals surface area contributed by atoms with Crippen LogP contribution >= 0.6 is 11.3 Å². The van der Waals surface area contributed by atoms with Gasteiger partial charge in [0, 0.05) is 32.2 Å². The van der Waals surface area contributed by atoms with Crippen molar-refractivity contribution in [2.45, 2.75) is 12.6 Å². The fraction of sp³-hybridized carbons (Fsp3) is 0.412. The van der Waals surface area contributed by atoms with Crippen molar-refractivity contribution in [3.05, 3.63) is 58.0 Å². The predicted molar refractivity (Wildman–Crippen MR) is 87.6 cm³/mol. The molecule has 2 aromatic rings. The van der Waals surface area contributed by atoms with E-state index in [1.807, 2.05) is 6.07 Å². The Bertz CT molecular complexity index is 570. The van der Waals surface area contributed by atoms with Gasteiger partial charge in [-0.3, -0.25) is 4.90 Å². The van der Waals surface area contributed by atoms with Crippen LogP contribution in [-0.2, 0) is 11.3 Å². The van der Waals surface area contributed by atoms with Gasteiger partial charge >= 0.3 is 0 Å². The van der Waals surface area contributed by atoms with Crippen molar-refractivity contribution >= 4 is 11.3 Å². The molecule has 1 fully saturated rings. The molecular weight excluding hydrogens is 299 g/mol. The normalized spacial score (nSPS) is 17.5. The number of benzene rings is 1. The molecule has 0 bridgehead atoms. The number of rotatable bonds is 6. The molecule has 22 heavy (non-hydrogen) atoms. The zero-order valence-corrected chi connectivity index (χ0v) is 13.3. The number of ether oxygens (including phenoxy) is 1. The number of morpholine rings is 1. The molecule has 2 heterocycles. The molecule has 3 rings (SSSR count). The largest absolute Gasteiger partial charge is 0.379 e. The van der Waals surface area contributed by atoms with Gasteiger partial charge in [0.15, 0.2) is 0 Å². The van der Waals surface area contributed by atoms with Gasteiger partial charge < -0.3 is 10.1 Å². The highest BCUT2D eigenvalue weighted by Gasteiger charge is 2.22. The lowest BCUT2D eigenvalue weighted by Crippen LogP contribution is -2.42. The molecule has 1 aliphatic heterocycles. The van der Waals surface area contributed by atoms with Gasteiger partial charge in [0.2, 0.25) is 0 Å². The first-order valence-electron chi connectivity index (χ1n) is 7.62. The fourth-order valence-electron chi connectivity index (χ4n) is 2.81. The van der Waals surface area contributed by atoms with E-state index < -0.39 is 0 Å². The van der Waals surface area contributed by atoms with E-state index in [1.54, 1.807) is 23.5 Å². The number of hydrogen-bond acceptors (Lipinski definition) is 4. The van der Waals surface area contributed by atoms with Gasteiger partial charge in [0.05, 0.1) is 13.2 Å². The van der Waals surface area contributed by atoms with Crippen LogP contribution in [0.15, 0.2) is 41.1 Å². The monoisotopic (exact) mass is 320 g/mol. The van der Waals surface area contributed by atoms with Crippen molar-refractivity contribution in [2.24, 2.45) is 0 Å². The van der Waals surface area contributed by atoms with E-state index in [1.165, 1.54) is 11.6 Å². The standard InChI is InChI=1S/C17H21FN2OS/c18-16-3-1-2-15(10-16)17(20-5-7-21-8-6-20)12-19-11-14-4-9-22-13-14/h1-4,9-10,13,17,19H,5-8,11-12H2. The Hall–Kier alpha value is -1.27. The summed E-state index contributed by atoms with van der Waals surface area (Å²) < 4.78 is 19.0. The van der Waals surface area contributed by atoms with Gasteiger partial charge in [-0.2, -0.15) is 11.3 Å². The maximum atomic E-state index is 13.6. The molecule has 0 spiro atoms. The van der Waals surface area contributed by atoms with E-state index in [0.717, 1.165) is 45.0 Å². The number of halogens is 1. The molecule has 1 aromatic carbocycles. The highest BCUT2D eigenvalue weighted by molar-refractivity contribution is 7.07. The van der Waals surface area contributed by atoms with E-state index in [4.69, 9.17) is 4.74 Å². The SMILES string of the molecule is Fc1cccc(C(CNCc2ccsc2)N2CCOCC2)c1. The van der Waals surface area contributed by atoms with Crippen molar-refractivity contribution < 1.29 is 9.13 Å². The summed E-state index contributed by atoms with van der Waals surface area (Å²) in [5, 5.41) is 7.74. The minimum Gasteiger partial charge on any atom is -0.379 e. The van der Waals surface area contributed by atoms with E-state index in [0.29, 0.717) is 0 Å². The maximum Gasteiger partial charge on any atom is 0.123 e. The van der Waals surface area contributed by atoms with Crippen LogP contribution in [0, 0.1) is 5.82 Å². The second-order valence-corrected chi connectivity index (χ2v) is 6.26. The zero-order valence-electron chi connectivity index (χ0n) is 12.5. The highest BCUT2D eigenvalue weighted by Crippen LogP contribution is 2.22. The Labute approximate surface area is 134 Å². The van der Waals surface area contributed by atoms with Crippen LogP contribution in [0.5, 0.6) is 0 Å². The first-order valence-corrected chi connectivity index (χ1v) is 8.56. The van der Waals surface area contributed by atoms with Gasteiger partial charge in [-0.05, 0) is 40.1 Å². The lowest BCUT2D eigenvalue weighted by atomic mass is 10.0. The molecule has 0 amide bonds. The number of thiophene rings is 1. The Kier molecular flexibility index (Phi) is 5.56. The van der Waals surface area contributed by atoms with Gasteiger partial charge in [-0.15, -0.1) is 0 Å². The summed E-state index contributed by atoms with van der Waals surface area (Å²) in [6.07, 6.45) is 0. The topological polar surface area (TPSA) is 24.5 Å². The molecule has 5 heteroatoms. The zero-order chi connectivity index (χ0) is 15.2. The molecule has 0 aliphatic carbocycles. The quantitative estimate of drug-likeness (QED) is 0.885. The van der Waals surface area contributed by atoms with Crippen molar-refractivity contribution in [3.8, 4) is 0 Å². The summed E-state index contributed by atoms with van der Waals surface area (Å²) in [6.45, 7) is 4.92. The molecule has 3 nitrogen and oxygen atoms in total. The number of nitrogens with one attached hydrogen (secondary N) is 1. The van der Waals surface area contributed by atoms with Crippen molar-refractivity contribution in [3.63, 3.8) is 0 Å². The third-order valence-corrected chi connectivity index (χ3v) is 4.70. The average molecular weight is 320 g/mol. The van der Waals surface area contributed by atoms with Crippen LogP contribution in [0.25, 0.3) is 0 Å². The fourth-order valence-corrected chi connectivity index (χ4v) is 3.48. The second-order valence-electron chi connectivity index (χ2n) is 5.48. The molecule has 118 valence electrons. The average Bonchev–Trinajstić information content (AvgIpc) is 3.06. The van der Waals surface area contributed by atoms with Gasteiger partial charge in [-0.25, -0.2) is 4.39 Å². The summed E-state index contributed by atoms with van der Waals surface area (Å²) in [5.74, 6) is -0.173. The van der Waals surface area contributed by atoms with Gasteiger partial charge in [0.25, 0.3) is 0 Å². The molecule has 1 aromatic heterocycles. The smallest absolute Gasteiger partial charge is 0.123 e. The van der Waals surface area contributed by atoms with Crippen LogP contribution in [0.2, 0.25) is 0 Å². The van der Waals surface area contributed by atoms with Crippen LogP contribution in [0.3, 0.4) is 0 Å². The first kappa shape index (κ1) is 15.6. The molecule has 1 N–H and O–H groups in total. The highest BCUT2D eigenvalue weighted by atomic mass is 32.1. The minimum absolute atomic E-state index is 0.173. The Balaban J connectivity index is 1.67. The van der Waals surface area contributed by atoms with E-state index in [2.05, 4.69) is 27.0 Å². The summed E-state index contributed by atoms with van der Waals surface area (Å²) in [4.78, 5) is 2.37. The first-order chi connectivity index (χ1) is 10.8. The van der Waals surface area contributed by atoms with Crippen LogP contribution < -0.4 is 5.32 Å². The lowest BCUT2D eigenvalue weighted by molar-refractivity contribution is 0.0160. The summed E-state index contributed by atoms with van der Waals surface area (Å²) in [7, 11) is 0. The van der Waals surface area contributed by atoms with Crippen LogP contribution in [0.4, 0.5) is 4.39 Å². The molecule has 1 aliphatic rings. The summed E-state index contributed by atoms with van der Waals surface area (Å²) >= 11 is 1.71. The van der Waals surface area contributed by atoms with Crippen LogP contribution in [0.1, 0.15) is 17.2 Å². The molecule has 1 atom stereocenters. The van der Waals surface area contributed by atoms with Crippen LogP contribution in [-0.4, -0.2) is 37.7 Å². The van der Waals surface area contributed by atoms with E-state index >= 15 is 0 Å². The molecule has 1 unspecified atom stereocenters. The molecule has 0 saturated carbocycles. The molecule has 0 radical (unpaired) electrons. The van der Waals surface area contributed by atoms with Crippen molar-refractivity contribution in [1.82, 2.24) is 10.2 Å².